The lowest BCUT2D eigenvalue weighted by molar-refractivity contribution is 0.295. The maximum Gasteiger partial charge on any atom is 0.137 e. The van der Waals surface area contributed by atoms with E-state index in [2.05, 4.69) is 6.07 Å². The first-order valence-electron chi connectivity index (χ1n) is 4.11. The quantitative estimate of drug-likeness (QED) is 0.754. The van der Waals surface area contributed by atoms with Crippen LogP contribution in [-0.2, 0) is 0 Å². The average molecular weight is 176 g/mol. The van der Waals surface area contributed by atoms with Crippen LogP contribution in [0.15, 0.2) is 24.3 Å². The van der Waals surface area contributed by atoms with Crippen LogP contribution >= 0.6 is 0 Å². The van der Waals surface area contributed by atoms with Crippen molar-refractivity contribution in [3.63, 3.8) is 0 Å². The molecule has 1 atom stereocenters. The van der Waals surface area contributed by atoms with Crippen molar-refractivity contribution in [2.24, 2.45) is 5.73 Å². The number of nitrogens with zero attached hydrogens (tertiary/aromatic N) is 1. The molecule has 0 spiro atoms. The third kappa shape index (κ3) is 2.77. The number of nitrogens with two attached hydrogens (primary N) is 1. The van der Waals surface area contributed by atoms with E-state index < -0.39 is 0 Å². The minimum Gasteiger partial charge on any atom is -0.491 e. The van der Waals surface area contributed by atoms with Crippen molar-refractivity contribution in [2.75, 3.05) is 6.61 Å². The van der Waals surface area contributed by atoms with E-state index in [1.807, 2.05) is 13.0 Å². The van der Waals surface area contributed by atoms with Crippen LogP contribution in [0.2, 0.25) is 0 Å². The van der Waals surface area contributed by atoms with Gasteiger partial charge in [-0.25, -0.2) is 0 Å². The predicted octanol–water partition coefficient (Wildman–Crippen LogP) is 1.28. The highest BCUT2D eigenvalue weighted by atomic mass is 16.5. The molecule has 3 heteroatoms. The molecule has 0 aliphatic heterocycles. The van der Waals surface area contributed by atoms with Gasteiger partial charge in [0.1, 0.15) is 18.4 Å². The van der Waals surface area contributed by atoms with E-state index in [0.29, 0.717) is 17.9 Å². The summed E-state index contributed by atoms with van der Waals surface area (Å²) in [6.07, 6.45) is 0. The summed E-state index contributed by atoms with van der Waals surface area (Å²) in [6.45, 7) is 2.29. The number of rotatable bonds is 3. The third-order valence-corrected chi connectivity index (χ3v) is 1.51. The molecule has 3 nitrogen and oxygen atoms in total. The molecule has 0 aliphatic carbocycles. The van der Waals surface area contributed by atoms with Crippen molar-refractivity contribution in [2.45, 2.75) is 13.0 Å². The average Bonchev–Trinajstić information content (AvgIpc) is 2.15. The molecular weight excluding hydrogens is 164 g/mol. The minimum atomic E-state index is -0.0215. The minimum absolute atomic E-state index is 0.0215. The van der Waals surface area contributed by atoms with Crippen LogP contribution in [-0.4, -0.2) is 12.6 Å². The van der Waals surface area contributed by atoms with Gasteiger partial charge in [-0.2, -0.15) is 5.26 Å². The van der Waals surface area contributed by atoms with Gasteiger partial charge in [-0.15, -0.1) is 0 Å². The summed E-state index contributed by atoms with van der Waals surface area (Å²) in [5, 5.41) is 8.72. The first-order chi connectivity index (χ1) is 6.24. The second kappa shape index (κ2) is 4.48. The largest absolute Gasteiger partial charge is 0.491 e. The summed E-state index contributed by atoms with van der Waals surface area (Å²) < 4.78 is 5.34. The van der Waals surface area contributed by atoms with Gasteiger partial charge in [0.15, 0.2) is 0 Å². The Morgan fingerprint density at radius 3 is 2.85 bits per heavy atom. The van der Waals surface area contributed by atoms with Gasteiger partial charge in [0.25, 0.3) is 0 Å². The van der Waals surface area contributed by atoms with Gasteiger partial charge >= 0.3 is 0 Å². The fourth-order valence-electron chi connectivity index (χ4n) is 0.906. The van der Waals surface area contributed by atoms with Crippen LogP contribution in [0.1, 0.15) is 12.5 Å². The smallest absolute Gasteiger partial charge is 0.137 e. The van der Waals surface area contributed by atoms with Crippen molar-refractivity contribution >= 4 is 0 Å². The zero-order valence-corrected chi connectivity index (χ0v) is 7.53. The Kier molecular flexibility index (Phi) is 3.30. The molecule has 0 aromatic heterocycles. The zero-order chi connectivity index (χ0) is 9.68. The van der Waals surface area contributed by atoms with Crippen LogP contribution in [0, 0.1) is 11.3 Å². The topological polar surface area (TPSA) is 59.0 Å². The standard InChI is InChI=1S/C10H12N2O/c1-8(12)7-13-10-5-3-2-4-9(10)6-11/h2-5,8H,7,12H2,1H3/t8-/m0/s1. The number of para-hydroxylation sites is 1. The highest BCUT2D eigenvalue weighted by molar-refractivity contribution is 5.42. The Morgan fingerprint density at radius 1 is 1.54 bits per heavy atom. The Hall–Kier alpha value is -1.53. The second-order valence-corrected chi connectivity index (χ2v) is 2.90. The van der Waals surface area contributed by atoms with Crippen LogP contribution in [0.4, 0.5) is 0 Å². The fourth-order valence-corrected chi connectivity index (χ4v) is 0.906. The first kappa shape index (κ1) is 9.56. The molecule has 68 valence electrons. The molecule has 0 saturated carbocycles. The fraction of sp³-hybridized carbons (Fsp3) is 0.300. The lowest BCUT2D eigenvalue weighted by Gasteiger charge is -2.09. The van der Waals surface area contributed by atoms with Crippen LogP contribution in [0.3, 0.4) is 0 Å². The van der Waals surface area contributed by atoms with Gasteiger partial charge in [0.05, 0.1) is 5.56 Å². The van der Waals surface area contributed by atoms with Crippen molar-refractivity contribution in [3.8, 4) is 11.8 Å². The van der Waals surface area contributed by atoms with Gasteiger partial charge in [-0.05, 0) is 19.1 Å². The second-order valence-electron chi connectivity index (χ2n) is 2.90. The Labute approximate surface area is 77.7 Å². The van der Waals surface area contributed by atoms with Crippen molar-refractivity contribution in [1.29, 1.82) is 5.26 Å². The Bertz CT molecular complexity index is 315. The van der Waals surface area contributed by atoms with E-state index in [4.69, 9.17) is 15.7 Å². The molecule has 0 heterocycles. The summed E-state index contributed by atoms with van der Waals surface area (Å²) in [4.78, 5) is 0. The number of hydrogen-bond donors (Lipinski definition) is 1. The third-order valence-electron chi connectivity index (χ3n) is 1.51. The normalized spacial score (nSPS) is 11.8. The van der Waals surface area contributed by atoms with Crippen LogP contribution in [0.5, 0.6) is 5.75 Å². The van der Waals surface area contributed by atoms with Crippen LogP contribution in [0.25, 0.3) is 0 Å². The summed E-state index contributed by atoms with van der Waals surface area (Å²) >= 11 is 0. The number of ether oxygens (including phenoxy) is 1. The summed E-state index contributed by atoms with van der Waals surface area (Å²) in [6, 6.07) is 9.15. The number of benzene rings is 1. The molecule has 0 bridgehead atoms. The first-order valence-corrected chi connectivity index (χ1v) is 4.11. The molecule has 0 unspecified atom stereocenters. The van der Waals surface area contributed by atoms with Crippen molar-refractivity contribution in [3.05, 3.63) is 29.8 Å². The Balaban J connectivity index is 2.71. The molecule has 0 saturated heterocycles. The number of nitriles is 1. The SMILES string of the molecule is C[C@H](N)COc1ccccc1C#N. The maximum atomic E-state index is 8.72. The molecular formula is C10H12N2O. The van der Waals surface area contributed by atoms with E-state index in [9.17, 15) is 0 Å². The summed E-state index contributed by atoms with van der Waals surface area (Å²) in [5.41, 5.74) is 6.07. The molecule has 0 fully saturated rings. The highest BCUT2D eigenvalue weighted by Crippen LogP contribution is 2.16. The lowest BCUT2D eigenvalue weighted by Crippen LogP contribution is -2.23. The maximum absolute atomic E-state index is 8.72. The summed E-state index contributed by atoms with van der Waals surface area (Å²) in [5.74, 6) is 0.599. The predicted molar refractivity (Wildman–Crippen MR) is 50.3 cm³/mol. The van der Waals surface area contributed by atoms with Crippen LogP contribution < -0.4 is 10.5 Å². The molecule has 1 rings (SSSR count). The molecule has 0 aliphatic rings. The monoisotopic (exact) mass is 176 g/mol. The summed E-state index contributed by atoms with van der Waals surface area (Å²) in [7, 11) is 0. The van der Waals surface area contributed by atoms with Gasteiger partial charge < -0.3 is 10.5 Å². The zero-order valence-electron chi connectivity index (χ0n) is 7.53. The molecule has 1 aromatic carbocycles. The van der Waals surface area contributed by atoms with E-state index in [1.165, 1.54) is 0 Å². The highest BCUT2D eigenvalue weighted by Gasteiger charge is 2.02. The van der Waals surface area contributed by atoms with Crippen molar-refractivity contribution in [1.82, 2.24) is 0 Å². The molecule has 0 amide bonds. The molecule has 2 N–H and O–H groups in total. The lowest BCUT2D eigenvalue weighted by atomic mass is 10.2. The molecule has 1 aromatic rings. The van der Waals surface area contributed by atoms with Gasteiger partial charge in [0, 0.05) is 6.04 Å². The van der Waals surface area contributed by atoms with E-state index >= 15 is 0 Å². The molecule has 0 radical (unpaired) electrons. The number of hydrogen-bond acceptors (Lipinski definition) is 3. The van der Waals surface area contributed by atoms with Gasteiger partial charge in [-0.1, -0.05) is 12.1 Å². The van der Waals surface area contributed by atoms with E-state index in [-0.39, 0.29) is 6.04 Å². The van der Waals surface area contributed by atoms with Gasteiger partial charge in [-0.3, -0.25) is 0 Å². The Morgan fingerprint density at radius 2 is 2.23 bits per heavy atom. The molecule has 13 heavy (non-hydrogen) atoms. The van der Waals surface area contributed by atoms with E-state index in [1.54, 1.807) is 18.2 Å². The van der Waals surface area contributed by atoms with Gasteiger partial charge in [0.2, 0.25) is 0 Å². The van der Waals surface area contributed by atoms with E-state index in [0.717, 1.165) is 0 Å². The van der Waals surface area contributed by atoms with Crippen molar-refractivity contribution < 1.29 is 4.74 Å².